The Bertz CT molecular complexity index is 9280. The van der Waals surface area contributed by atoms with Gasteiger partial charge in [0.15, 0.2) is 0 Å². The van der Waals surface area contributed by atoms with Gasteiger partial charge in [0.25, 0.3) is 0 Å². The normalized spacial score (nSPS) is 16.6. The fourth-order valence-electron chi connectivity index (χ4n) is 29.2. The van der Waals surface area contributed by atoms with Gasteiger partial charge in [-0.3, -0.25) is 9.97 Å². The van der Waals surface area contributed by atoms with Gasteiger partial charge in [0.2, 0.25) is 0 Å². The van der Waals surface area contributed by atoms with E-state index < -0.39 is 32.5 Å². The SMILES string of the molecule is c1ccc(-c2cc(-c3ccc4c(c3)C3(c5ccccc5-c5ccccc53)c3ccccc3C43c4ccccc4-c4ccccc43)cc(-c3ccc(-c4cccc5c4-c4ccccc4C54c5ccccc5C5(c6ccccc6-c6c(-c7cc(-c8cccs8)cc8c7-c7ccccc7C87c8ccccc8C8(c9ccccc9-c9ccccc98)c8ccccc87)cccc65)c5ccc(-c6ccco6)cc54)cn3)n2)nc1. The van der Waals surface area contributed by atoms with Gasteiger partial charge >= 0.3 is 0 Å². The predicted octanol–water partition coefficient (Wildman–Crippen LogP) is 32.3. The Labute approximate surface area is 826 Å². The summed E-state index contributed by atoms with van der Waals surface area (Å²) in [6.07, 6.45) is 5.77. The standard InChI is InChI=1S/C137H81N3OS/c1-10-44-99-88(33-1)89-34-2-11-45-100(89)132(99)109-54-20-24-58-113(109)136(114-59-25-21-55-110(114)132)106-51-17-9-41-97(106)131-98(75-86(78-122(131)136)128-65-32-74-142-128)94-43-30-62-119-130(94)96-40-8-16-50-105(96)135(119)112-57-23-26-60-115(112)137(121-77-83(67-70-117(121)135)127-64-31-73-141-127)107-52-18-7-39-95(107)129-87(42-29-61-118(129)137)84-68-71-124(139-81-84)126-80-85(79-125(140-126)123-63-27-28-72-138-123)82-66-69-116-120(76-82)134(103-48-14-5-37-92(103)93-38-6-15-49-104(93)134)111-56-22-19-53-108(111)133(116)101-46-12-3-35-90(101)91-36-4-13-47-102(91)133/h1-81H. The van der Waals surface area contributed by atoms with E-state index in [1.165, 1.54) is 222 Å². The van der Waals surface area contributed by atoms with Crippen LogP contribution >= 0.6 is 11.3 Å². The molecule has 0 fully saturated rings. The van der Waals surface area contributed by atoms with Crippen molar-refractivity contribution in [1.29, 1.82) is 0 Å². The van der Waals surface area contributed by atoms with Crippen LogP contribution in [0.2, 0.25) is 0 Å². The molecule has 23 aromatic rings. The molecule has 0 saturated heterocycles. The molecule has 2 atom stereocenters. The molecule has 5 heteroatoms. The van der Waals surface area contributed by atoms with E-state index in [1.807, 2.05) is 35.9 Å². The number of benzene rings is 18. The van der Waals surface area contributed by atoms with Gasteiger partial charge in [-0.15, -0.1) is 11.3 Å². The van der Waals surface area contributed by atoms with Gasteiger partial charge < -0.3 is 4.42 Å². The minimum atomic E-state index is -0.866. The van der Waals surface area contributed by atoms with Crippen molar-refractivity contribution in [2.24, 2.45) is 0 Å². The van der Waals surface area contributed by atoms with E-state index in [-0.39, 0.29) is 0 Å². The molecule has 656 valence electrons. The second-order valence-corrected chi connectivity index (χ2v) is 40.7. The smallest absolute Gasteiger partial charge is 0.133 e. The number of furan rings is 1. The van der Waals surface area contributed by atoms with Gasteiger partial charge in [-0.25, -0.2) is 4.98 Å². The minimum absolute atomic E-state index is 0.591. The zero-order valence-corrected chi connectivity index (χ0v) is 77.7. The summed E-state index contributed by atoms with van der Waals surface area (Å²) in [5, 5.41) is 2.24. The summed E-state index contributed by atoms with van der Waals surface area (Å²) < 4.78 is 6.56. The van der Waals surface area contributed by atoms with Crippen LogP contribution in [0.5, 0.6) is 0 Å². The predicted molar refractivity (Wildman–Crippen MR) is 573 cm³/mol. The first-order chi connectivity index (χ1) is 70.4. The fourth-order valence-corrected chi connectivity index (χ4v) is 30.0. The van der Waals surface area contributed by atoms with E-state index in [1.54, 1.807) is 0 Å². The maximum absolute atomic E-state index is 6.56. The monoisotopic (exact) mass is 1820 g/mol. The van der Waals surface area contributed by atoms with Gasteiger partial charge in [0.1, 0.15) is 5.76 Å². The molecule has 142 heavy (non-hydrogen) atoms. The zero-order valence-electron chi connectivity index (χ0n) is 76.9. The number of nitrogens with zero attached hydrogens (tertiary/aromatic N) is 3. The van der Waals surface area contributed by atoms with Crippen LogP contribution in [-0.4, -0.2) is 15.0 Å². The molecule has 0 N–H and O–H groups in total. The van der Waals surface area contributed by atoms with Crippen LogP contribution in [0.1, 0.15) is 134 Å². The van der Waals surface area contributed by atoms with Crippen LogP contribution in [0.25, 0.3) is 145 Å². The van der Waals surface area contributed by atoms with Gasteiger partial charge in [-0.1, -0.05) is 394 Å². The Morgan fingerprint density at radius 1 is 0.176 bits per heavy atom. The molecule has 2 unspecified atom stereocenters. The van der Waals surface area contributed by atoms with Crippen molar-refractivity contribution >= 4 is 11.3 Å². The minimum Gasteiger partial charge on any atom is -0.464 e. The average molecular weight is 1820 g/mol. The molecule has 0 aliphatic heterocycles. The molecule has 5 aromatic heterocycles. The summed E-state index contributed by atoms with van der Waals surface area (Å²) in [5.74, 6) is 0.812. The average Bonchev–Trinajstić information content (AvgIpc) is 1.47. The van der Waals surface area contributed by atoms with E-state index in [4.69, 9.17) is 19.4 Å². The Morgan fingerprint density at radius 3 is 0.908 bits per heavy atom. The Balaban J connectivity index is 0.577. The Hall–Kier alpha value is -17.6. The van der Waals surface area contributed by atoms with Crippen molar-refractivity contribution in [3.05, 3.63) is 625 Å². The van der Waals surface area contributed by atoms with Gasteiger partial charge in [-0.2, -0.15) is 0 Å². The number of pyridine rings is 3. The maximum atomic E-state index is 6.56. The third kappa shape index (κ3) is 9.51. The van der Waals surface area contributed by atoms with Gasteiger partial charge in [-0.05, 0) is 312 Å². The lowest BCUT2D eigenvalue weighted by atomic mass is 9.52. The summed E-state index contributed by atoms with van der Waals surface area (Å²) in [7, 11) is 0. The van der Waals surface area contributed by atoms with Crippen molar-refractivity contribution in [3.8, 4) is 145 Å². The van der Waals surface area contributed by atoms with E-state index in [2.05, 4.69) is 467 Å². The first-order valence-electron chi connectivity index (χ1n) is 49.5. The summed E-state index contributed by atoms with van der Waals surface area (Å²) >= 11 is 1.82. The topological polar surface area (TPSA) is 51.8 Å². The van der Waals surface area contributed by atoms with E-state index in [9.17, 15) is 0 Å². The Morgan fingerprint density at radius 2 is 0.500 bits per heavy atom. The summed E-state index contributed by atoms with van der Waals surface area (Å²) in [6.45, 7) is 0. The van der Waals surface area contributed by atoms with Crippen molar-refractivity contribution < 1.29 is 4.42 Å². The number of thiophene rings is 1. The maximum Gasteiger partial charge on any atom is 0.133 e. The van der Waals surface area contributed by atoms with Crippen LogP contribution in [0.15, 0.2) is 496 Å². The number of hydrogen-bond donors (Lipinski definition) is 0. The van der Waals surface area contributed by atoms with Crippen molar-refractivity contribution in [2.75, 3.05) is 0 Å². The second kappa shape index (κ2) is 28.6. The van der Waals surface area contributed by atoms with Crippen molar-refractivity contribution in [1.82, 2.24) is 15.0 Å². The number of rotatable bonds is 7. The van der Waals surface area contributed by atoms with E-state index >= 15 is 0 Å². The molecule has 0 radical (unpaired) electrons. The Kier molecular flexibility index (Phi) is 15.8. The summed E-state index contributed by atoms with van der Waals surface area (Å²) in [6, 6.07) is 179. The quantitative estimate of drug-likeness (QED) is 0.160. The van der Waals surface area contributed by atoms with Crippen LogP contribution in [0, 0.1) is 0 Å². The molecule has 32 rings (SSSR count). The molecule has 18 aromatic carbocycles. The molecule has 9 aliphatic rings. The molecular formula is C137H81N3OS. The highest BCUT2D eigenvalue weighted by atomic mass is 32.1. The summed E-state index contributed by atoms with van der Waals surface area (Å²) in [5.41, 5.74) is 53.2. The molecule has 0 amide bonds. The highest BCUT2D eigenvalue weighted by molar-refractivity contribution is 7.13. The van der Waals surface area contributed by atoms with Gasteiger partial charge in [0, 0.05) is 28.4 Å². The third-order valence-corrected chi connectivity index (χ3v) is 35.0. The first-order valence-corrected chi connectivity index (χ1v) is 50.3. The second-order valence-electron chi connectivity index (χ2n) is 39.7. The highest BCUT2D eigenvalue weighted by Crippen LogP contribution is 2.75. The lowest BCUT2D eigenvalue weighted by Gasteiger charge is -2.49. The zero-order chi connectivity index (χ0) is 92.7. The lowest BCUT2D eigenvalue weighted by Crippen LogP contribution is -2.43. The van der Waals surface area contributed by atoms with E-state index in [0.29, 0.717) is 0 Å². The number of aromatic nitrogens is 3. The van der Waals surface area contributed by atoms with E-state index in [0.717, 1.165) is 56.4 Å². The molecular weight excluding hydrogens is 1740 g/mol. The fraction of sp³-hybridized carbons (Fsp3) is 0.0438. The van der Waals surface area contributed by atoms with Crippen molar-refractivity contribution in [2.45, 2.75) is 32.5 Å². The molecule has 0 bridgehead atoms. The van der Waals surface area contributed by atoms with Crippen molar-refractivity contribution in [3.63, 3.8) is 0 Å². The molecule has 5 heterocycles. The van der Waals surface area contributed by atoms with Crippen LogP contribution < -0.4 is 0 Å². The molecule has 9 aliphatic carbocycles. The molecule has 0 saturated carbocycles. The van der Waals surface area contributed by atoms with Crippen LogP contribution in [-0.2, 0) is 32.5 Å². The van der Waals surface area contributed by atoms with Crippen LogP contribution in [0.4, 0.5) is 0 Å². The molecule has 4 nitrogen and oxygen atoms in total. The highest BCUT2D eigenvalue weighted by Gasteiger charge is 2.64. The first kappa shape index (κ1) is 78.4. The van der Waals surface area contributed by atoms with Gasteiger partial charge in [0.05, 0.1) is 61.5 Å². The molecule has 6 spiro atoms. The summed E-state index contributed by atoms with van der Waals surface area (Å²) in [4.78, 5) is 17.5. The lowest BCUT2D eigenvalue weighted by molar-refractivity contribution is 0.581. The van der Waals surface area contributed by atoms with Crippen LogP contribution in [0.3, 0.4) is 0 Å². The largest absolute Gasteiger partial charge is 0.464 e. The number of hydrogen-bond acceptors (Lipinski definition) is 5. The number of fused-ring (bicyclic) bond motifs is 48. The third-order valence-electron chi connectivity index (χ3n) is 34.1.